The third kappa shape index (κ3) is 6.69. The van der Waals surface area contributed by atoms with Gasteiger partial charge < -0.3 is 55.4 Å². The Kier molecular flexibility index (Phi) is 10.6. The van der Waals surface area contributed by atoms with Gasteiger partial charge in [0, 0.05) is 21.7 Å². The molecule has 11 nitrogen and oxygen atoms in total. The minimum atomic E-state index is -1.47. The second-order valence-corrected chi connectivity index (χ2v) is 11.9. The van der Waals surface area contributed by atoms with Crippen molar-refractivity contribution in [2.45, 2.75) is 100 Å². The zero-order valence-corrected chi connectivity index (χ0v) is 23.1. The summed E-state index contributed by atoms with van der Waals surface area (Å²) in [5.74, 6) is -0.0569. The van der Waals surface area contributed by atoms with Gasteiger partial charge in [0.15, 0.2) is 0 Å². The van der Waals surface area contributed by atoms with Gasteiger partial charge in [-0.2, -0.15) is 0 Å². The number of aliphatic hydroxyl groups is 8. The molecule has 2 aromatic rings. The van der Waals surface area contributed by atoms with Crippen molar-refractivity contribution in [3.8, 4) is 5.75 Å². The van der Waals surface area contributed by atoms with E-state index in [0.717, 1.165) is 18.4 Å². The van der Waals surface area contributed by atoms with Crippen molar-refractivity contribution < 1.29 is 55.4 Å². The molecule has 2 aliphatic heterocycles. The van der Waals surface area contributed by atoms with E-state index in [-0.39, 0.29) is 12.4 Å². The first-order valence-electron chi connectivity index (χ1n) is 13.6. The van der Waals surface area contributed by atoms with Gasteiger partial charge in [-0.3, -0.25) is 0 Å². The highest BCUT2D eigenvalue weighted by atomic mass is 32.1. The van der Waals surface area contributed by atoms with Crippen LogP contribution in [0, 0.1) is 0 Å². The van der Waals surface area contributed by atoms with Gasteiger partial charge in [0.25, 0.3) is 0 Å². The van der Waals surface area contributed by atoms with E-state index in [1.807, 2.05) is 17.4 Å². The molecule has 1 aliphatic carbocycles. The molecule has 9 N–H and O–H groups in total. The van der Waals surface area contributed by atoms with Gasteiger partial charge in [0.1, 0.15) is 60.7 Å². The van der Waals surface area contributed by atoms with Crippen LogP contribution in [0.2, 0.25) is 0 Å². The van der Waals surface area contributed by atoms with E-state index in [1.165, 1.54) is 28.2 Å². The number of thiophene rings is 1. The van der Waals surface area contributed by atoms with Gasteiger partial charge in [-0.25, -0.2) is 0 Å². The molecule has 0 spiro atoms. The van der Waals surface area contributed by atoms with E-state index in [1.54, 1.807) is 19.1 Å². The van der Waals surface area contributed by atoms with Crippen LogP contribution in [0.25, 0.3) is 0 Å². The van der Waals surface area contributed by atoms with Crippen LogP contribution in [0.1, 0.15) is 52.3 Å². The SMILES string of the molecule is C[C@@H]1O[C@H](CO)[C@@H](O)[C@H](O)[C@H]1O.OC[C@H]1O[C@@H](c2cc(Cc3cc4c(s3)CCCC4)ccc2O)[C@H](O)[C@@H](O)[C@@H]1O. The standard InChI is InChI=1S/C21H26O6S.C7H14O5/c22-10-16-18(24)19(25)20(26)21(27-16)14-8-11(5-6-15(14)23)7-13-9-12-3-1-2-4-17(12)28-13;1-3-5(9)7(11)6(10)4(2-8)12-3/h5-6,8-9,16,18-26H,1-4,7,10H2;3-11H,2H2,1H3/t16-,18-,19+,20-,21+;3-,4+,5-,6+,7+/m10/s1. The Morgan fingerprint density at radius 3 is 2.05 bits per heavy atom. The number of benzene rings is 1. The maximum Gasteiger partial charge on any atom is 0.121 e. The van der Waals surface area contributed by atoms with Crippen molar-refractivity contribution >= 4 is 11.3 Å². The highest BCUT2D eigenvalue weighted by Gasteiger charge is 2.45. The van der Waals surface area contributed by atoms with Crippen molar-refractivity contribution in [1.82, 2.24) is 0 Å². The van der Waals surface area contributed by atoms with Gasteiger partial charge >= 0.3 is 0 Å². The lowest BCUT2D eigenvalue weighted by Crippen LogP contribution is -2.57. The third-order valence-corrected chi connectivity index (χ3v) is 9.08. The number of aliphatic hydroxyl groups excluding tert-OH is 8. The molecule has 40 heavy (non-hydrogen) atoms. The Morgan fingerprint density at radius 1 is 0.775 bits per heavy atom. The normalized spacial score (nSPS) is 35.9. The number of hydrogen-bond donors (Lipinski definition) is 9. The first kappa shape index (κ1) is 31.3. The molecule has 3 heterocycles. The molecule has 0 saturated carbocycles. The second-order valence-electron chi connectivity index (χ2n) is 10.7. The van der Waals surface area contributed by atoms with E-state index in [0.29, 0.717) is 12.0 Å². The average Bonchev–Trinajstić information content (AvgIpc) is 3.36. The fraction of sp³-hybridized carbons (Fsp3) is 0.643. The zero-order chi connectivity index (χ0) is 29.1. The van der Waals surface area contributed by atoms with Crippen LogP contribution >= 0.6 is 11.3 Å². The van der Waals surface area contributed by atoms with Crippen molar-refractivity contribution in [3.05, 3.63) is 50.7 Å². The zero-order valence-electron chi connectivity index (χ0n) is 22.3. The monoisotopic (exact) mass is 584 g/mol. The maximum atomic E-state index is 10.4. The summed E-state index contributed by atoms with van der Waals surface area (Å²) < 4.78 is 10.6. The molecule has 0 bridgehead atoms. The Bertz CT molecular complexity index is 1080. The van der Waals surface area contributed by atoms with Gasteiger partial charge in [0.05, 0.1) is 19.3 Å². The molecular formula is C28H40O11S. The summed E-state index contributed by atoms with van der Waals surface area (Å²) in [4.78, 5) is 2.73. The van der Waals surface area contributed by atoms with Crippen molar-refractivity contribution in [1.29, 1.82) is 0 Å². The number of hydrogen-bond acceptors (Lipinski definition) is 12. The molecule has 10 atom stereocenters. The maximum absolute atomic E-state index is 10.4. The highest BCUT2D eigenvalue weighted by molar-refractivity contribution is 7.12. The van der Waals surface area contributed by atoms with E-state index in [9.17, 15) is 40.9 Å². The van der Waals surface area contributed by atoms with Crippen LogP contribution < -0.4 is 0 Å². The van der Waals surface area contributed by atoms with Gasteiger partial charge in [0.2, 0.25) is 0 Å². The number of fused-ring (bicyclic) bond motifs is 1. The Hall–Kier alpha value is -1.68. The Labute approximate surface area is 236 Å². The number of aromatic hydroxyl groups is 1. The summed E-state index contributed by atoms with van der Waals surface area (Å²) in [5, 5.41) is 86.5. The summed E-state index contributed by atoms with van der Waals surface area (Å²) in [7, 11) is 0. The van der Waals surface area contributed by atoms with E-state index >= 15 is 0 Å². The molecule has 1 aromatic carbocycles. The van der Waals surface area contributed by atoms with Crippen LogP contribution in [0.4, 0.5) is 0 Å². The van der Waals surface area contributed by atoms with Gasteiger partial charge in [-0.05, 0) is 61.9 Å². The van der Waals surface area contributed by atoms with Crippen molar-refractivity contribution in [3.63, 3.8) is 0 Å². The second kappa shape index (κ2) is 13.5. The molecule has 3 aliphatic rings. The molecule has 5 rings (SSSR count). The lowest BCUT2D eigenvalue weighted by Gasteiger charge is -2.40. The molecular weight excluding hydrogens is 544 g/mol. The number of ether oxygens (including phenoxy) is 2. The van der Waals surface area contributed by atoms with Crippen LogP contribution in [0.3, 0.4) is 0 Å². The van der Waals surface area contributed by atoms with Gasteiger partial charge in [-0.1, -0.05) is 6.07 Å². The van der Waals surface area contributed by atoms with E-state index in [2.05, 4.69) is 6.07 Å². The largest absolute Gasteiger partial charge is 0.508 e. The van der Waals surface area contributed by atoms with Crippen molar-refractivity contribution in [2.24, 2.45) is 0 Å². The molecule has 2 fully saturated rings. The number of rotatable bonds is 5. The van der Waals surface area contributed by atoms with Crippen LogP contribution in [-0.4, -0.2) is 114 Å². The molecule has 224 valence electrons. The first-order valence-corrected chi connectivity index (χ1v) is 14.4. The highest BCUT2D eigenvalue weighted by Crippen LogP contribution is 2.38. The molecule has 0 radical (unpaired) electrons. The predicted molar refractivity (Wildman–Crippen MR) is 144 cm³/mol. The first-order chi connectivity index (χ1) is 19.0. The van der Waals surface area contributed by atoms with Crippen molar-refractivity contribution in [2.75, 3.05) is 13.2 Å². The lowest BCUT2D eigenvalue weighted by molar-refractivity contribution is -0.232. The van der Waals surface area contributed by atoms with Gasteiger partial charge in [-0.15, -0.1) is 11.3 Å². The fourth-order valence-corrected chi connectivity index (χ4v) is 6.72. The van der Waals surface area contributed by atoms with Crippen LogP contribution in [-0.2, 0) is 28.7 Å². The molecule has 2 saturated heterocycles. The lowest BCUT2D eigenvalue weighted by atomic mass is 9.90. The predicted octanol–water partition coefficient (Wildman–Crippen LogP) is -0.713. The quantitative estimate of drug-likeness (QED) is 0.215. The average molecular weight is 585 g/mol. The van der Waals surface area contributed by atoms with E-state index < -0.39 is 67.6 Å². The summed E-state index contributed by atoms with van der Waals surface area (Å²) in [5.41, 5.74) is 2.75. The van der Waals surface area contributed by atoms with E-state index in [4.69, 9.17) is 14.6 Å². The summed E-state index contributed by atoms with van der Waals surface area (Å²) >= 11 is 1.83. The third-order valence-electron chi connectivity index (χ3n) is 7.85. The number of phenolic OH excluding ortho intramolecular Hbond substituents is 1. The molecule has 0 unspecified atom stereocenters. The smallest absolute Gasteiger partial charge is 0.121 e. The topological polar surface area (TPSA) is 201 Å². The minimum Gasteiger partial charge on any atom is -0.508 e. The Balaban J connectivity index is 0.000000259. The van der Waals surface area contributed by atoms with Crippen LogP contribution in [0.15, 0.2) is 24.3 Å². The number of phenols is 1. The molecule has 0 amide bonds. The van der Waals surface area contributed by atoms with Crippen LogP contribution in [0.5, 0.6) is 5.75 Å². The molecule has 1 aromatic heterocycles. The summed E-state index contributed by atoms with van der Waals surface area (Å²) in [6, 6.07) is 7.42. The fourth-order valence-electron chi connectivity index (χ4n) is 5.43. The summed E-state index contributed by atoms with van der Waals surface area (Å²) in [6.45, 7) is 0.709. The summed E-state index contributed by atoms with van der Waals surface area (Å²) in [6.07, 6.45) is -5.80. The number of aryl methyl sites for hydroxylation is 2. The minimum absolute atomic E-state index is 0.0569. The molecule has 12 heteroatoms. The Morgan fingerprint density at radius 2 is 1.40 bits per heavy atom.